The van der Waals surface area contributed by atoms with Crippen LogP contribution in [0.25, 0.3) is 11.0 Å². The van der Waals surface area contributed by atoms with E-state index in [0.29, 0.717) is 29.7 Å². The quantitative estimate of drug-likeness (QED) is 0.612. The summed E-state index contributed by atoms with van der Waals surface area (Å²) >= 11 is 0. The van der Waals surface area contributed by atoms with Crippen molar-refractivity contribution in [2.24, 2.45) is 5.73 Å². The van der Waals surface area contributed by atoms with Crippen LogP contribution in [0.5, 0.6) is 0 Å². The summed E-state index contributed by atoms with van der Waals surface area (Å²) in [6.07, 6.45) is 4.35. The van der Waals surface area contributed by atoms with Crippen molar-refractivity contribution >= 4 is 16.8 Å². The number of fused-ring (bicyclic) bond motifs is 1. The summed E-state index contributed by atoms with van der Waals surface area (Å²) < 4.78 is 18.5. The maximum Gasteiger partial charge on any atom is 0.198 e. The van der Waals surface area contributed by atoms with E-state index >= 15 is 0 Å². The van der Waals surface area contributed by atoms with Crippen molar-refractivity contribution in [1.82, 2.24) is 0 Å². The average Bonchev–Trinajstić information content (AvgIpc) is 2.81. The number of unbranched alkanes of at least 4 members (excludes halogenated alkanes) is 3. The molecule has 0 aliphatic heterocycles. The highest BCUT2D eigenvalue weighted by molar-refractivity contribution is 5.97. The topological polar surface area (TPSA) is 56.2 Å². The lowest BCUT2D eigenvalue weighted by Gasteiger charge is -1.98. The molecule has 2 aromatic rings. The average molecular weight is 263 g/mol. The van der Waals surface area contributed by atoms with E-state index in [1.807, 2.05) is 0 Å². The van der Waals surface area contributed by atoms with E-state index in [1.54, 1.807) is 12.1 Å². The molecule has 0 atom stereocenters. The molecule has 0 unspecified atom stereocenters. The van der Waals surface area contributed by atoms with Gasteiger partial charge in [-0.05, 0) is 43.7 Å². The minimum absolute atomic E-state index is 0.0237. The van der Waals surface area contributed by atoms with Gasteiger partial charge in [-0.25, -0.2) is 4.39 Å². The van der Waals surface area contributed by atoms with Crippen LogP contribution in [0.15, 0.2) is 28.7 Å². The first-order valence-electron chi connectivity index (χ1n) is 6.63. The number of halogens is 1. The molecule has 1 aromatic carbocycles. The van der Waals surface area contributed by atoms with Crippen molar-refractivity contribution in [1.29, 1.82) is 0 Å². The monoisotopic (exact) mass is 263 g/mol. The van der Waals surface area contributed by atoms with Gasteiger partial charge >= 0.3 is 0 Å². The number of benzene rings is 1. The van der Waals surface area contributed by atoms with Crippen molar-refractivity contribution in [3.8, 4) is 0 Å². The number of hydrogen-bond donors (Lipinski definition) is 1. The summed E-state index contributed by atoms with van der Waals surface area (Å²) in [5.74, 6) is -0.0298. The molecular weight excluding hydrogens is 245 g/mol. The lowest BCUT2D eigenvalue weighted by Crippen LogP contribution is -1.99. The molecule has 102 valence electrons. The number of nitrogens with two attached hydrogens (primary N) is 1. The van der Waals surface area contributed by atoms with Crippen LogP contribution in [0.1, 0.15) is 42.7 Å². The fraction of sp³-hybridized carbons (Fsp3) is 0.400. The van der Waals surface area contributed by atoms with Crippen LogP contribution in [0.3, 0.4) is 0 Å². The highest BCUT2D eigenvalue weighted by Crippen LogP contribution is 2.21. The Morgan fingerprint density at radius 2 is 1.95 bits per heavy atom. The molecule has 0 spiro atoms. The number of carbonyl (C=O) groups is 1. The van der Waals surface area contributed by atoms with Crippen molar-refractivity contribution in [3.63, 3.8) is 0 Å². The third-order valence-electron chi connectivity index (χ3n) is 3.11. The van der Waals surface area contributed by atoms with Gasteiger partial charge in [-0.1, -0.05) is 12.8 Å². The molecule has 2 N–H and O–H groups in total. The van der Waals surface area contributed by atoms with E-state index in [9.17, 15) is 9.18 Å². The van der Waals surface area contributed by atoms with Crippen molar-refractivity contribution in [2.75, 3.05) is 6.54 Å². The Kier molecular flexibility index (Phi) is 4.68. The fourth-order valence-electron chi connectivity index (χ4n) is 2.06. The van der Waals surface area contributed by atoms with Gasteiger partial charge in [0.05, 0.1) is 0 Å². The Balaban J connectivity index is 1.94. The zero-order valence-electron chi connectivity index (χ0n) is 10.8. The van der Waals surface area contributed by atoms with Gasteiger partial charge < -0.3 is 10.2 Å². The molecule has 0 aliphatic rings. The normalized spacial score (nSPS) is 11.1. The molecule has 1 heterocycles. The number of ketones is 1. The Bertz CT molecular complexity index is 562. The summed E-state index contributed by atoms with van der Waals surface area (Å²) in [4.78, 5) is 11.9. The molecule has 0 radical (unpaired) electrons. The molecular formula is C15H18FNO2. The Morgan fingerprint density at radius 1 is 1.16 bits per heavy atom. The summed E-state index contributed by atoms with van der Waals surface area (Å²) in [6.45, 7) is 0.698. The first kappa shape index (κ1) is 13.7. The van der Waals surface area contributed by atoms with Crippen molar-refractivity contribution in [2.45, 2.75) is 32.1 Å². The molecule has 0 bridgehead atoms. The number of hydrogen-bond acceptors (Lipinski definition) is 3. The second-order valence-electron chi connectivity index (χ2n) is 4.67. The Morgan fingerprint density at radius 3 is 2.74 bits per heavy atom. The van der Waals surface area contributed by atoms with Crippen molar-refractivity contribution < 1.29 is 13.6 Å². The van der Waals surface area contributed by atoms with Gasteiger partial charge in [0, 0.05) is 11.8 Å². The van der Waals surface area contributed by atoms with E-state index in [-0.39, 0.29) is 11.6 Å². The molecule has 0 aliphatic carbocycles. The fourth-order valence-corrected chi connectivity index (χ4v) is 2.06. The van der Waals surface area contributed by atoms with Crippen LogP contribution in [0, 0.1) is 5.82 Å². The zero-order chi connectivity index (χ0) is 13.7. The highest BCUT2D eigenvalue weighted by Gasteiger charge is 2.12. The second kappa shape index (κ2) is 6.48. The smallest absolute Gasteiger partial charge is 0.198 e. The van der Waals surface area contributed by atoms with Crippen molar-refractivity contribution in [3.05, 3.63) is 35.8 Å². The van der Waals surface area contributed by atoms with E-state index in [2.05, 4.69) is 0 Å². The van der Waals surface area contributed by atoms with Gasteiger partial charge in [0.1, 0.15) is 11.4 Å². The van der Waals surface area contributed by atoms with Gasteiger partial charge in [-0.3, -0.25) is 4.79 Å². The van der Waals surface area contributed by atoms with Crippen LogP contribution >= 0.6 is 0 Å². The Labute approximate surface area is 111 Å². The molecule has 3 nitrogen and oxygen atoms in total. The van der Waals surface area contributed by atoms with Crippen LogP contribution in [-0.2, 0) is 0 Å². The molecule has 19 heavy (non-hydrogen) atoms. The number of furan rings is 1. The van der Waals surface area contributed by atoms with Gasteiger partial charge in [0.25, 0.3) is 0 Å². The minimum atomic E-state index is -0.325. The summed E-state index contributed by atoms with van der Waals surface area (Å²) in [5, 5.41) is 0.631. The summed E-state index contributed by atoms with van der Waals surface area (Å²) in [7, 11) is 0. The molecule has 2 rings (SSSR count). The van der Waals surface area contributed by atoms with Gasteiger partial charge in [0.2, 0.25) is 0 Å². The van der Waals surface area contributed by atoms with E-state index in [1.165, 1.54) is 12.1 Å². The maximum atomic E-state index is 13.0. The van der Waals surface area contributed by atoms with Gasteiger partial charge in [-0.15, -0.1) is 0 Å². The van der Waals surface area contributed by atoms with E-state index in [4.69, 9.17) is 10.2 Å². The van der Waals surface area contributed by atoms with Crippen LogP contribution in [0.2, 0.25) is 0 Å². The third-order valence-corrected chi connectivity index (χ3v) is 3.11. The molecule has 1 aromatic heterocycles. The van der Waals surface area contributed by atoms with Crippen LogP contribution < -0.4 is 5.73 Å². The zero-order valence-corrected chi connectivity index (χ0v) is 10.8. The standard InChI is InChI=1S/C15H18FNO2/c16-12-6-7-14-11(9-12)10-15(19-14)13(18)5-3-1-2-4-8-17/h6-7,9-10H,1-5,8,17H2. The summed E-state index contributed by atoms with van der Waals surface area (Å²) in [6, 6.07) is 5.85. The predicted molar refractivity (Wildman–Crippen MR) is 72.6 cm³/mol. The van der Waals surface area contributed by atoms with Gasteiger partial charge in [-0.2, -0.15) is 0 Å². The first-order valence-corrected chi connectivity index (χ1v) is 6.63. The predicted octanol–water partition coefficient (Wildman–Crippen LogP) is 3.66. The molecule has 0 amide bonds. The molecule has 0 fully saturated rings. The van der Waals surface area contributed by atoms with Crippen LogP contribution in [-0.4, -0.2) is 12.3 Å². The number of carbonyl (C=O) groups excluding carboxylic acids is 1. The van der Waals surface area contributed by atoms with E-state index in [0.717, 1.165) is 25.7 Å². The van der Waals surface area contributed by atoms with E-state index < -0.39 is 0 Å². The minimum Gasteiger partial charge on any atom is -0.453 e. The van der Waals surface area contributed by atoms with Crippen LogP contribution in [0.4, 0.5) is 4.39 Å². The Hall–Kier alpha value is -1.68. The lowest BCUT2D eigenvalue weighted by atomic mass is 10.1. The molecule has 0 saturated heterocycles. The van der Waals surface area contributed by atoms with Gasteiger partial charge in [0.15, 0.2) is 11.5 Å². The second-order valence-corrected chi connectivity index (χ2v) is 4.67. The lowest BCUT2D eigenvalue weighted by molar-refractivity contribution is 0.0954. The SMILES string of the molecule is NCCCCCCC(=O)c1cc2cc(F)ccc2o1. The first-order chi connectivity index (χ1) is 9.20. The summed E-state index contributed by atoms with van der Waals surface area (Å²) in [5.41, 5.74) is 5.95. The number of Topliss-reactive ketones (excluding diaryl/α,β-unsaturated/α-hetero) is 1. The highest BCUT2D eigenvalue weighted by atomic mass is 19.1. The molecule has 4 heteroatoms. The maximum absolute atomic E-state index is 13.0. The number of rotatable bonds is 7. The third kappa shape index (κ3) is 3.64. The molecule has 0 saturated carbocycles. The largest absolute Gasteiger partial charge is 0.453 e.